The zero-order chi connectivity index (χ0) is 16.3. The number of hydrogen-bond acceptors (Lipinski definition) is 2. The Morgan fingerprint density at radius 2 is 0.909 bits per heavy atom. The van der Waals surface area contributed by atoms with Crippen LogP contribution in [-0.4, -0.2) is 22.9 Å². The van der Waals surface area contributed by atoms with Crippen LogP contribution in [-0.2, 0) is 0 Å². The van der Waals surface area contributed by atoms with Crippen LogP contribution in [0.25, 0.3) is 0 Å². The summed E-state index contributed by atoms with van der Waals surface area (Å²) in [5.41, 5.74) is 0. The standard InChI is InChI=1S/C20H42O2/c1-2-3-4-5-6-7-8-9-10-11-12-13-14-15-16-17-20(22)18-19-21/h20-22H,2-19H2,1H3/t20-/m1/s1. The second-order valence-corrected chi connectivity index (χ2v) is 6.90. The molecule has 0 spiro atoms. The van der Waals surface area contributed by atoms with Crippen LogP contribution in [0.5, 0.6) is 0 Å². The number of hydrogen-bond donors (Lipinski definition) is 2. The zero-order valence-electron chi connectivity index (χ0n) is 15.2. The van der Waals surface area contributed by atoms with Crippen LogP contribution in [0.1, 0.15) is 116 Å². The van der Waals surface area contributed by atoms with Gasteiger partial charge in [-0.25, -0.2) is 0 Å². The van der Waals surface area contributed by atoms with Gasteiger partial charge in [-0.1, -0.05) is 103 Å². The maximum absolute atomic E-state index is 9.49. The molecule has 1 atom stereocenters. The van der Waals surface area contributed by atoms with E-state index in [1.54, 1.807) is 0 Å². The molecule has 0 aromatic carbocycles. The second kappa shape index (κ2) is 19.0. The van der Waals surface area contributed by atoms with Crippen molar-refractivity contribution in [2.24, 2.45) is 0 Å². The summed E-state index contributed by atoms with van der Waals surface area (Å²) < 4.78 is 0. The summed E-state index contributed by atoms with van der Waals surface area (Å²) in [4.78, 5) is 0. The van der Waals surface area contributed by atoms with Crippen molar-refractivity contribution in [3.8, 4) is 0 Å². The lowest BCUT2D eigenvalue weighted by Gasteiger charge is -2.08. The zero-order valence-corrected chi connectivity index (χ0v) is 15.2. The lowest BCUT2D eigenvalue weighted by Crippen LogP contribution is -2.08. The minimum Gasteiger partial charge on any atom is -0.396 e. The predicted molar refractivity (Wildman–Crippen MR) is 97.3 cm³/mol. The Bertz CT molecular complexity index is 194. The van der Waals surface area contributed by atoms with Gasteiger partial charge in [-0.3, -0.25) is 0 Å². The van der Waals surface area contributed by atoms with Crippen LogP contribution in [0.15, 0.2) is 0 Å². The molecule has 0 unspecified atom stereocenters. The largest absolute Gasteiger partial charge is 0.396 e. The molecule has 0 fully saturated rings. The predicted octanol–water partition coefficient (Wildman–Crippen LogP) is 5.99. The van der Waals surface area contributed by atoms with Gasteiger partial charge in [-0.15, -0.1) is 0 Å². The minimum atomic E-state index is -0.285. The van der Waals surface area contributed by atoms with Crippen molar-refractivity contribution < 1.29 is 10.2 Å². The van der Waals surface area contributed by atoms with Gasteiger partial charge in [-0.2, -0.15) is 0 Å². The third-order valence-corrected chi connectivity index (χ3v) is 4.60. The summed E-state index contributed by atoms with van der Waals surface area (Å²) in [6.07, 6.45) is 21.7. The topological polar surface area (TPSA) is 40.5 Å². The first-order chi connectivity index (χ1) is 10.8. The van der Waals surface area contributed by atoms with Gasteiger partial charge in [0.05, 0.1) is 6.10 Å². The molecule has 0 amide bonds. The molecule has 0 aliphatic carbocycles. The number of rotatable bonds is 18. The molecule has 0 aromatic rings. The van der Waals surface area contributed by atoms with Gasteiger partial charge in [-0.05, 0) is 12.8 Å². The van der Waals surface area contributed by atoms with Crippen molar-refractivity contribution in [2.75, 3.05) is 6.61 Å². The highest BCUT2D eigenvalue weighted by Crippen LogP contribution is 2.14. The quantitative estimate of drug-likeness (QED) is 0.305. The van der Waals surface area contributed by atoms with Crippen molar-refractivity contribution in [3.63, 3.8) is 0 Å². The van der Waals surface area contributed by atoms with E-state index in [-0.39, 0.29) is 12.7 Å². The van der Waals surface area contributed by atoms with Crippen molar-refractivity contribution in [3.05, 3.63) is 0 Å². The van der Waals surface area contributed by atoms with Gasteiger partial charge >= 0.3 is 0 Å². The lowest BCUT2D eigenvalue weighted by atomic mass is 10.0. The maximum Gasteiger partial charge on any atom is 0.0562 e. The minimum absolute atomic E-state index is 0.111. The lowest BCUT2D eigenvalue weighted by molar-refractivity contribution is 0.122. The highest BCUT2D eigenvalue weighted by Gasteiger charge is 2.02. The van der Waals surface area contributed by atoms with E-state index in [9.17, 15) is 5.11 Å². The molecule has 0 heterocycles. The molecule has 0 radical (unpaired) electrons. The molecule has 22 heavy (non-hydrogen) atoms. The van der Waals surface area contributed by atoms with Crippen LogP contribution in [0.3, 0.4) is 0 Å². The van der Waals surface area contributed by atoms with Crippen LogP contribution >= 0.6 is 0 Å². The van der Waals surface area contributed by atoms with E-state index in [0.717, 1.165) is 12.8 Å². The average Bonchev–Trinajstić information content (AvgIpc) is 2.51. The number of aliphatic hydroxyl groups excluding tert-OH is 2. The van der Waals surface area contributed by atoms with Gasteiger partial charge in [0.1, 0.15) is 0 Å². The molecule has 0 rings (SSSR count). The van der Waals surface area contributed by atoms with E-state index in [0.29, 0.717) is 6.42 Å². The fourth-order valence-corrected chi connectivity index (χ4v) is 3.04. The fourth-order valence-electron chi connectivity index (χ4n) is 3.04. The first-order valence-corrected chi connectivity index (χ1v) is 10.1. The fraction of sp³-hybridized carbons (Fsp3) is 1.00. The van der Waals surface area contributed by atoms with Gasteiger partial charge < -0.3 is 10.2 Å². The Morgan fingerprint density at radius 1 is 0.545 bits per heavy atom. The van der Waals surface area contributed by atoms with Gasteiger partial charge in [0, 0.05) is 6.61 Å². The summed E-state index contributed by atoms with van der Waals surface area (Å²) in [7, 11) is 0. The Morgan fingerprint density at radius 3 is 1.27 bits per heavy atom. The van der Waals surface area contributed by atoms with Gasteiger partial charge in [0.2, 0.25) is 0 Å². The van der Waals surface area contributed by atoms with E-state index in [1.807, 2.05) is 0 Å². The summed E-state index contributed by atoms with van der Waals surface area (Å²) >= 11 is 0. The average molecular weight is 315 g/mol. The molecule has 2 heteroatoms. The van der Waals surface area contributed by atoms with Gasteiger partial charge in [0.25, 0.3) is 0 Å². The van der Waals surface area contributed by atoms with E-state index in [2.05, 4.69) is 6.92 Å². The Hall–Kier alpha value is -0.0800. The Labute approximate surface area is 139 Å². The number of aliphatic hydroxyl groups is 2. The highest BCUT2D eigenvalue weighted by molar-refractivity contribution is 4.55. The molecular formula is C20H42O2. The second-order valence-electron chi connectivity index (χ2n) is 6.90. The molecule has 0 aliphatic rings. The van der Waals surface area contributed by atoms with E-state index in [4.69, 9.17) is 5.11 Å². The number of unbranched alkanes of at least 4 members (excludes halogenated alkanes) is 14. The summed E-state index contributed by atoms with van der Waals surface area (Å²) in [5, 5.41) is 18.2. The van der Waals surface area contributed by atoms with Gasteiger partial charge in [0.15, 0.2) is 0 Å². The molecule has 2 N–H and O–H groups in total. The molecule has 0 aromatic heterocycles. The van der Waals surface area contributed by atoms with Crippen molar-refractivity contribution in [1.29, 1.82) is 0 Å². The first kappa shape index (κ1) is 21.9. The Balaban J connectivity index is 3.00. The monoisotopic (exact) mass is 314 g/mol. The van der Waals surface area contributed by atoms with Crippen molar-refractivity contribution >= 4 is 0 Å². The smallest absolute Gasteiger partial charge is 0.0562 e. The van der Waals surface area contributed by atoms with Crippen LogP contribution in [0.2, 0.25) is 0 Å². The Kier molecular flexibility index (Phi) is 18.9. The normalized spacial score (nSPS) is 12.7. The van der Waals surface area contributed by atoms with E-state index < -0.39 is 0 Å². The highest BCUT2D eigenvalue weighted by atomic mass is 16.3. The van der Waals surface area contributed by atoms with Crippen molar-refractivity contribution in [1.82, 2.24) is 0 Å². The molecule has 0 bridgehead atoms. The van der Waals surface area contributed by atoms with E-state index >= 15 is 0 Å². The summed E-state index contributed by atoms with van der Waals surface area (Å²) in [6, 6.07) is 0. The molecule has 0 saturated heterocycles. The molecule has 134 valence electrons. The summed E-state index contributed by atoms with van der Waals surface area (Å²) in [6.45, 7) is 2.39. The molecule has 0 saturated carbocycles. The van der Waals surface area contributed by atoms with Crippen LogP contribution in [0, 0.1) is 0 Å². The molecular weight excluding hydrogens is 272 g/mol. The SMILES string of the molecule is CCCCCCCCCCCCCCCCC[C@@H](O)CCO. The maximum atomic E-state index is 9.49. The third-order valence-electron chi connectivity index (χ3n) is 4.60. The van der Waals surface area contributed by atoms with E-state index in [1.165, 1.54) is 89.9 Å². The summed E-state index contributed by atoms with van der Waals surface area (Å²) in [5.74, 6) is 0. The van der Waals surface area contributed by atoms with Crippen LogP contribution in [0.4, 0.5) is 0 Å². The molecule has 2 nitrogen and oxygen atoms in total. The molecule has 0 aliphatic heterocycles. The first-order valence-electron chi connectivity index (χ1n) is 10.1. The third kappa shape index (κ3) is 18.0. The van der Waals surface area contributed by atoms with Crippen LogP contribution < -0.4 is 0 Å². The van der Waals surface area contributed by atoms with Crippen molar-refractivity contribution in [2.45, 2.75) is 122 Å².